The van der Waals surface area contributed by atoms with Gasteiger partial charge in [0.1, 0.15) is 0 Å². The van der Waals surface area contributed by atoms with Crippen LogP contribution in [0.1, 0.15) is 23.3 Å². The molecule has 0 unspecified atom stereocenters. The molecular weight excluding hydrogens is 347 g/mol. The molecule has 1 aromatic heterocycles. The Morgan fingerprint density at radius 1 is 1.17 bits per heavy atom. The minimum atomic E-state index is -4.57. The lowest BCUT2D eigenvalue weighted by Gasteiger charge is -2.15. The summed E-state index contributed by atoms with van der Waals surface area (Å²) in [6.07, 6.45) is -2.82. The van der Waals surface area contributed by atoms with E-state index in [9.17, 15) is 21.6 Å². The molecule has 1 fully saturated rings. The first-order valence-corrected chi connectivity index (χ1v) is 9.30. The molecule has 1 aromatic carbocycles. The SMILES string of the molecule is O=S(=O)(NCC1(c2cccs2)CC1)c1cccc(C(F)(F)F)c1. The molecule has 1 heterocycles. The Morgan fingerprint density at radius 2 is 1.91 bits per heavy atom. The molecule has 0 spiro atoms. The molecule has 0 amide bonds. The van der Waals surface area contributed by atoms with Crippen LogP contribution in [0, 0.1) is 0 Å². The van der Waals surface area contributed by atoms with Crippen molar-refractivity contribution in [1.82, 2.24) is 4.72 Å². The van der Waals surface area contributed by atoms with E-state index in [1.807, 2.05) is 17.5 Å². The first kappa shape index (κ1) is 16.5. The maximum atomic E-state index is 12.7. The lowest BCUT2D eigenvalue weighted by atomic mass is 10.1. The summed E-state index contributed by atoms with van der Waals surface area (Å²) < 4.78 is 65.2. The van der Waals surface area contributed by atoms with Gasteiger partial charge in [-0.2, -0.15) is 13.2 Å². The Balaban J connectivity index is 1.78. The van der Waals surface area contributed by atoms with Crippen LogP contribution in [0.25, 0.3) is 0 Å². The van der Waals surface area contributed by atoms with Gasteiger partial charge in [-0.05, 0) is 42.5 Å². The fraction of sp³-hybridized carbons (Fsp3) is 0.333. The molecule has 3 nitrogen and oxygen atoms in total. The van der Waals surface area contributed by atoms with Crippen molar-refractivity contribution in [3.63, 3.8) is 0 Å². The Hall–Kier alpha value is -1.38. The first-order chi connectivity index (χ1) is 10.7. The Morgan fingerprint density at radius 3 is 2.48 bits per heavy atom. The van der Waals surface area contributed by atoms with E-state index in [4.69, 9.17) is 0 Å². The predicted molar refractivity (Wildman–Crippen MR) is 81.9 cm³/mol. The summed E-state index contributed by atoms with van der Waals surface area (Å²) in [4.78, 5) is 0.735. The highest BCUT2D eigenvalue weighted by molar-refractivity contribution is 7.89. The highest BCUT2D eigenvalue weighted by atomic mass is 32.2. The van der Waals surface area contributed by atoms with Gasteiger partial charge in [0.25, 0.3) is 0 Å². The molecule has 0 radical (unpaired) electrons. The van der Waals surface area contributed by atoms with E-state index in [-0.39, 0.29) is 16.9 Å². The second-order valence-corrected chi connectivity index (χ2v) is 8.32. The van der Waals surface area contributed by atoms with Gasteiger partial charge < -0.3 is 0 Å². The van der Waals surface area contributed by atoms with Crippen LogP contribution in [0.2, 0.25) is 0 Å². The second-order valence-electron chi connectivity index (χ2n) is 5.61. The molecule has 0 bridgehead atoms. The van der Waals surface area contributed by atoms with Gasteiger partial charge in [0, 0.05) is 16.8 Å². The van der Waals surface area contributed by atoms with Gasteiger partial charge in [0.05, 0.1) is 10.5 Å². The van der Waals surface area contributed by atoms with Crippen LogP contribution in [0.4, 0.5) is 13.2 Å². The summed E-state index contributed by atoms with van der Waals surface area (Å²) in [5, 5.41) is 1.93. The third-order valence-electron chi connectivity index (χ3n) is 3.97. The normalized spacial score (nSPS) is 17.2. The molecule has 23 heavy (non-hydrogen) atoms. The number of halogens is 3. The van der Waals surface area contributed by atoms with Crippen molar-refractivity contribution >= 4 is 21.4 Å². The summed E-state index contributed by atoms with van der Waals surface area (Å²) >= 11 is 1.56. The van der Waals surface area contributed by atoms with Crippen molar-refractivity contribution in [2.45, 2.75) is 29.3 Å². The minimum Gasteiger partial charge on any atom is -0.210 e. The average molecular weight is 361 g/mol. The van der Waals surface area contributed by atoms with E-state index >= 15 is 0 Å². The fourth-order valence-electron chi connectivity index (χ4n) is 2.40. The van der Waals surface area contributed by atoms with Crippen LogP contribution in [0.5, 0.6) is 0 Å². The van der Waals surface area contributed by atoms with Crippen LogP contribution < -0.4 is 4.72 Å². The van der Waals surface area contributed by atoms with E-state index < -0.39 is 21.8 Å². The van der Waals surface area contributed by atoms with Gasteiger partial charge >= 0.3 is 6.18 Å². The quantitative estimate of drug-likeness (QED) is 0.881. The molecule has 0 saturated heterocycles. The monoisotopic (exact) mass is 361 g/mol. The standard InChI is InChI=1S/C15H14F3NO2S2/c16-15(17,18)11-3-1-4-12(9-11)23(20,21)19-10-14(6-7-14)13-5-2-8-22-13/h1-5,8-9,19H,6-7,10H2. The van der Waals surface area contributed by atoms with E-state index in [1.165, 1.54) is 6.07 Å². The summed E-state index contributed by atoms with van der Waals surface area (Å²) in [6, 6.07) is 7.64. The van der Waals surface area contributed by atoms with E-state index in [0.717, 1.165) is 29.9 Å². The number of hydrogen-bond donors (Lipinski definition) is 1. The van der Waals surface area contributed by atoms with Crippen molar-refractivity contribution < 1.29 is 21.6 Å². The van der Waals surface area contributed by atoms with Crippen molar-refractivity contribution in [3.05, 3.63) is 52.2 Å². The van der Waals surface area contributed by atoms with E-state index in [0.29, 0.717) is 6.07 Å². The number of rotatable bonds is 5. The van der Waals surface area contributed by atoms with E-state index in [1.54, 1.807) is 11.3 Å². The summed E-state index contributed by atoms with van der Waals surface area (Å²) in [7, 11) is -3.97. The molecule has 2 aromatic rings. The van der Waals surface area contributed by atoms with Crippen LogP contribution in [-0.2, 0) is 21.6 Å². The predicted octanol–water partition coefficient (Wildman–Crippen LogP) is 3.78. The zero-order chi connectivity index (χ0) is 16.7. The van der Waals surface area contributed by atoms with Crippen molar-refractivity contribution in [2.75, 3.05) is 6.54 Å². The van der Waals surface area contributed by atoms with Crippen molar-refractivity contribution in [3.8, 4) is 0 Å². The zero-order valence-corrected chi connectivity index (χ0v) is 13.6. The van der Waals surface area contributed by atoms with Gasteiger partial charge in [-0.15, -0.1) is 11.3 Å². The molecular formula is C15H14F3NO2S2. The maximum Gasteiger partial charge on any atom is 0.416 e. The number of hydrogen-bond acceptors (Lipinski definition) is 3. The Labute approximate surface area is 136 Å². The highest BCUT2D eigenvalue weighted by Gasteiger charge is 2.45. The number of thiophene rings is 1. The Kier molecular flexibility index (Phi) is 4.02. The van der Waals surface area contributed by atoms with Gasteiger partial charge in [0.2, 0.25) is 10.0 Å². The Bertz CT molecular complexity index is 794. The van der Waals surface area contributed by atoms with Crippen LogP contribution in [0.3, 0.4) is 0 Å². The van der Waals surface area contributed by atoms with Gasteiger partial charge in [-0.25, -0.2) is 13.1 Å². The summed E-state index contributed by atoms with van der Waals surface area (Å²) in [5.41, 5.74) is -1.18. The smallest absolute Gasteiger partial charge is 0.210 e. The third-order valence-corrected chi connectivity index (χ3v) is 6.48. The first-order valence-electron chi connectivity index (χ1n) is 6.94. The lowest BCUT2D eigenvalue weighted by Crippen LogP contribution is -2.32. The topological polar surface area (TPSA) is 46.2 Å². The third kappa shape index (κ3) is 3.44. The van der Waals surface area contributed by atoms with Crippen LogP contribution in [-0.4, -0.2) is 15.0 Å². The molecule has 3 rings (SSSR count). The number of alkyl halides is 3. The number of nitrogens with one attached hydrogen (secondary N) is 1. The molecule has 124 valence electrons. The number of benzene rings is 1. The van der Waals surface area contributed by atoms with E-state index in [2.05, 4.69) is 4.72 Å². The largest absolute Gasteiger partial charge is 0.416 e. The zero-order valence-electron chi connectivity index (χ0n) is 11.9. The molecule has 1 aliphatic rings. The van der Waals surface area contributed by atoms with Crippen LogP contribution >= 0.6 is 11.3 Å². The second kappa shape index (κ2) is 5.61. The highest BCUT2D eigenvalue weighted by Crippen LogP contribution is 2.49. The summed E-state index contributed by atoms with van der Waals surface area (Å²) in [6.45, 7) is 0.200. The maximum absolute atomic E-state index is 12.7. The lowest BCUT2D eigenvalue weighted by molar-refractivity contribution is -0.137. The summed E-state index contributed by atoms with van der Waals surface area (Å²) in [5.74, 6) is 0. The van der Waals surface area contributed by atoms with Gasteiger partial charge in [-0.1, -0.05) is 12.1 Å². The molecule has 1 saturated carbocycles. The molecule has 0 atom stereocenters. The molecule has 8 heteroatoms. The van der Waals surface area contributed by atoms with Crippen LogP contribution in [0.15, 0.2) is 46.7 Å². The minimum absolute atomic E-state index is 0.200. The number of sulfonamides is 1. The van der Waals surface area contributed by atoms with Crippen molar-refractivity contribution in [1.29, 1.82) is 0 Å². The fourth-order valence-corrected chi connectivity index (χ4v) is 4.56. The molecule has 1 N–H and O–H groups in total. The average Bonchev–Trinajstić information content (AvgIpc) is 3.08. The van der Waals surface area contributed by atoms with Crippen molar-refractivity contribution in [2.24, 2.45) is 0 Å². The van der Waals surface area contributed by atoms with Gasteiger partial charge in [0.15, 0.2) is 0 Å². The molecule has 1 aliphatic carbocycles. The van der Waals surface area contributed by atoms with Gasteiger partial charge in [-0.3, -0.25) is 0 Å². The molecule has 0 aliphatic heterocycles.